The first kappa shape index (κ1) is 13.5. The fraction of sp³-hybridized carbons (Fsp3) is 0.923. The van der Waals surface area contributed by atoms with Crippen molar-refractivity contribution in [1.82, 2.24) is 4.90 Å². The lowest BCUT2D eigenvalue weighted by Gasteiger charge is -2.26. The van der Waals surface area contributed by atoms with Crippen LogP contribution in [-0.2, 0) is 0 Å². The molecule has 2 unspecified atom stereocenters. The Hall–Kier alpha value is -0.570. The van der Waals surface area contributed by atoms with Crippen molar-refractivity contribution in [2.75, 3.05) is 13.1 Å². The third kappa shape index (κ3) is 3.48. The average Bonchev–Trinajstić information content (AvgIpc) is 2.44. The third-order valence-corrected chi connectivity index (χ3v) is 3.89. The van der Waals surface area contributed by atoms with E-state index in [2.05, 4.69) is 32.6 Å². The molecule has 3 N–H and O–H groups in total. The molecule has 0 aromatic rings. The summed E-state index contributed by atoms with van der Waals surface area (Å²) >= 11 is 0. The highest BCUT2D eigenvalue weighted by Gasteiger charge is 2.27. The molecule has 3 nitrogen and oxygen atoms in total. The Morgan fingerprint density at radius 3 is 2.50 bits per heavy atom. The number of nitrogens with zero attached hydrogens (tertiary/aromatic N) is 1. The predicted octanol–water partition coefficient (Wildman–Crippen LogP) is 2.46. The van der Waals surface area contributed by atoms with Gasteiger partial charge in [0.15, 0.2) is 0 Å². The molecule has 0 aromatic carbocycles. The smallest absolute Gasteiger partial charge is 0.0963 e. The van der Waals surface area contributed by atoms with Crippen LogP contribution in [0.3, 0.4) is 0 Å². The maximum absolute atomic E-state index is 7.52. The lowest BCUT2D eigenvalue weighted by molar-refractivity contribution is 0.249. The molecule has 0 spiro atoms. The fourth-order valence-corrected chi connectivity index (χ4v) is 2.56. The number of hydrogen-bond acceptors (Lipinski definition) is 2. The average molecular weight is 225 g/mol. The highest BCUT2D eigenvalue weighted by Crippen LogP contribution is 2.25. The van der Waals surface area contributed by atoms with E-state index in [4.69, 9.17) is 11.1 Å². The van der Waals surface area contributed by atoms with Crippen LogP contribution in [0.2, 0.25) is 0 Å². The largest absolute Gasteiger partial charge is 0.387 e. The Morgan fingerprint density at radius 1 is 1.44 bits per heavy atom. The van der Waals surface area contributed by atoms with Crippen LogP contribution in [0.5, 0.6) is 0 Å². The molecule has 0 bridgehead atoms. The van der Waals surface area contributed by atoms with Crippen molar-refractivity contribution >= 4 is 5.84 Å². The minimum Gasteiger partial charge on any atom is -0.387 e. The zero-order valence-electron chi connectivity index (χ0n) is 11.2. The molecular weight excluding hydrogens is 198 g/mol. The SMILES string of the molecule is CC1CC(C)N(CCCC(C)(C)C(=N)N)C1. The molecule has 3 heteroatoms. The molecular formula is C13H27N3. The molecule has 1 heterocycles. The molecule has 0 radical (unpaired) electrons. The van der Waals surface area contributed by atoms with Crippen LogP contribution in [0.15, 0.2) is 0 Å². The van der Waals surface area contributed by atoms with Gasteiger partial charge in [-0.2, -0.15) is 0 Å². The van der Waals surface area contributed by atoms with E-state index in [1.807, 2.05) is 0 Å². The minimum absolute atomic E-state index is 0.130. The second kappa shape index (κ2) is 5.17. The number of nitrogens with one attached hydrogen (secondary N) is 1. The number of amidine groups is 1. The van der Waals surface area contributed by atoms with E-state index in [1.54, 1.807) is 0 Å². The summed E-state index contributed by atoms with van der Waals surface area (Å²) in [6, 6.07) is 0.732. The van der Waals surface area contributed by atoms with E-state index in [1.165, 1.54) is 13.0 Å². The normalized spacial score (nSPS) is 27.2. The van der Waals surface area contributed by atoms with Crippen molar-refractivity contribution in [1.29, 1.82) is 5.41 Å². The zero-order chi connectivity index (χ0) is 12.3. The van der Waals surface area contributed by atoms with Crippen LogP contribution >= 0.6 is 0 Å². The quantitative estimate of drug-likeness (QED) is 0.558. The van der Waals surface area contributed by atoms with Gasteiger partial charge in [-0.25, -0.2) is 0 Å². The number of likely N-dealkylation sites (tertiary alicyclic amines) is 1. The summed E-state index contributed by atoms with van der Waals surface area (Å²) < 4.78 is 0. The highest BCUT2D eigenvalue weighted by molar-refractivity contribution is 5.82. The van der Waals surface area contributed by atoms with Crippen molar-refractivity contribution in [3.8, 4) is 0 Å². The third-order valence-electron chi connectivity index (χ3n) is 3.89. The molecule has 1 aliphatic heterocycles. The van der Waals surface area contributed by atoms with Gasteiger partial charge in [-0.3, -0.25) is 5.41 Å². The Kier molecular flexibility index (Phi) is 4.36. The Bertz CT molecular complexity index is 248. The van der Waals surface area contributed by atoms with Crippen molar-refractivity contribution in [3.05, 3.63) is 0 Å². The Morgan fingerprint density at radius 2 is 2.06 bits per heavy atom. The number of hydrogen-bond donors (Lipinski definition) is 2. The summed E-state index contributed by atoms with van der Waals surface area (Å²) in [6.45, 7) is 11.2. The molecule has 1 rings (SSSR count). The molecule has 16 heavy (non-hydrogen) atoms. The summed E-state index contributed by atoms with van der Waals surface area (Å²) in [5.74, 6) is 1.16. The van der Waals surface area contributed by atoms with Gasteiger partial charge in [-0.05, 0) is 38.6 Å². The van der Waals surface area contributed by atoms with Gasteiger partial charge in [-0.1, -0.05) is 20.8 Å². The number of nitrogens with two attached hydrogens (primary N) is 1. The van der Waals surface area contributed by atoms with Gasteiger partial charge >= 0.3 is 0 Å². The van der Waals surface area contributed by atoms with Gasteiger partial charge in [-0.15, -0.1) is 0 Å². The number of rotatable bonds is 5. The summed E-state index contributed by atoms with van der Waals surface area (Å²) in [7, 11) is 0. The highest BCUT2D eigenvalue weighted by atomic mass is 15.2. The van der Waals surface area contributed by atoms with E-state index in [0.29, 0.717) is 5.84 Å². The van der Waals surface area contributed by atoms with E-state index in [-0.39, 0.29) is 5.41 Å². The molecule has 0 saturated carbocycles. The zero-order valence-corrected chi connectivity index (χ0v) is 11.2. The second-order valence-corrected chi connectivity index (χ2v) is 6.09. The van der Waals surface area contributed by atoms with Gasteiger partial charge in [0.05, 0.1) is 5.84 Å². The fourth-order valence-electron chi connectivity index (χ4n) is 2.56. The maximum atomic E-state index is 7.52. The van der Waals surface area contributed by atoms with Gasteiger partial charge in [0, 0.05) is 18.0 Å². The van der Waals surface area contributed by atoms with Crippen LogP contribution in [0.25, 0.3) is 0 Å². The van der Waals surface area contributed by atoms with Crippen molar-refractivity contribution in [2.24, 2.45) is 17.1 Å². The van der Waals surface area contributed by atoms with Crippen LogP contribution in [0, 0.1) is 16.7 Å². The van der Waals surface area contributed by atoms with Crippen molar-refractivity contribution in [3.63, 3.8) is 0 Å². The standard InChI is InChI=1S/C13H27N3/c1-10-8-11(2)16(9-10)7-5-6-13(3,4)12(14)15/h10-11H,5-9H2,1-4H3,(H3,14,15). The van der Waals surface area contributed by atoms with Gasteiger partial charge in [0.1, 0.15) is 0 Å². The summed E-state index contributed by atoms with van der Waals surface area (Å²) in [6.07, 6.45) is 3.49. The maximum Gasteiger partial charge on any atom is 0.0963 e. The molecule has 1 aliphatic rings. The lowest BCUT2D eigenvalue weighted by Crippen LogP contribution is -2.33. The predicted molar refractivity (Wildman–Crippen MR) is 69.7 cm³/mol. The van der Waals surface area contributed by atoms with Crippen LogP contribution in [-0.4, -0.2) is 29.9 Å². The van der Waals surface area contributed by atoms with Gasteiger partial charge in [0.2, 0.25) is 0 Å². The van der Waals surface area contributed by atoms with Crippen LogP contribution in [0.4, 0.5) is 0 Å². The topological polar surface area (TPSA) is 53.1 Å². The summed E-state index contributed by atoms with van der Waals surface area (Å²) in [5.41, 5.74) is 5.45. The van der Waals surface area contributed by atoms with E-state index in [0.717, 1.165) is 31.3 Å². The monoisotopic (exact) mass is 225 g/mol. The van der Waals surface area contributed by atoms with E-state index in [9.17, 15) is 0 Å². The summed E-state index contributed by atoms with van der Waals surface area (Å²) in [5, 5.41) is 7.52. The second-order valence-electron chi connectivity index (χ2n) is 6.09. The van der Waals surface area contributed by atoms with Crippen molar-refractivity contribution < 1.29 is 0 Å². The molecule has 0 aromatic heterocycles. The van der Waals surface area contributed by atoms with Crippen molar-refractivity contribution in [2.45, 2.75) is 53.0 Å². The first-order valence-electron chi connectivity index (χ1n) is 6.41. The molecule has 2 atom stereocenters. The van der Waals surface area contributed by atoms with Gasteiger partial charge in [0.25, 0.3) is 0 Å². The lowest BCUT2D eigenvalue weighted by atomic mass is 9.86. The molecule has 1 fully saturated rings. The summed E-state index contributed by atoms with van der Waals surface area (Å²) in [4.78, 5) is 2.57. The molecule has 0 aliphatic carbocycles. The molecule has 1 saturated heterocycles. The Labute approximate surface area is 99.9 Å². The van der Waals surface area contributed by atoms with E-state index < -0.39 is 0 Å². The van der Waals surface area contributed by atoms with Crippen LogP contribution < -0.4 is 5.73 Å². The first-order chi connectivity index (χ1) is 7.33. The molecule has 0 amide bonds. The van der Waals surface area contributed by atoms with Crippen LogP contribution in [0.1, 0.15) is 47.0 Å². The van der Waals surface area contributed by atoms with Gasteiger partial charge < -0.3 is 10.6 Å². The minimum atomic E-state index is -0.130. The van der Waals surface area contributed by atoms with E-state index >= 15 is 0 Å². The molecule has 94 valence electrons. The first-order valence-corrected chi connectivity index (χ1v) is 6.41. The Balaban J connectivity index is 2.28.